The summed E-state index contributed by atoms with van der Waals surface area (Å²) in [6.07, 6.45) is -0.0893. The lowest BCUT2D eigenvalue weighted by molar-refractivity contribution is -0.0708. The Hall–Kier alpha value is -2.31. The topological polar surface area (TPSA) is 58.6 Å². The second-order valence-electron chi connectivity index (χ2n) is 6.49. The number of benzene rings is 1. The number of hydrogen-bond donors (Lipinski definition) is 0. The molecule has 0 aliphatic carbocycles. The zero-order chi connectivity index (χ0) is 17.8. The molecule has 2 aromatic rings. The molecule has 1 aliphatic heterocycles. The first-order valence-electron chi connectivity index (χ1n) is 8.49. The maximum Gasteiger partial charge on any atom is 0.274 e. The van der Waals surface area contributed by atoms with E-state index in [0.29, 0.717) is 18.8 Å². The van der Waals surface area contributed by atoms with E-state index in [1.165, 1.54) is 5.56 Å². The predicted molar refractivity (Wildman–Crippen MR) is 95.3 cm³/mol. The smallest absolute Gasteiger partial charge is 0.274 e. The Labute approximate surface area is 148 Å². The van der Waals surface area contributed by atoms with Crippen LogP contribution in [0.15, 0.2) is 42.5 Å². The third kappa shape index (κ3) is 4.03. The molecule has 0 spiro atoms. The minimum absolute atomic E-state index is 0.0893. The molecule has 0 unspecified atom stereocenters. The Bertz CT molecular complexity index is 705. The molecule has 1 fully saturated rings. The Morgan fingerprint density at radius 1 is 1.24 bits per heavy atom. The first-order chi connectivity index (χ1) is 12.1. The molecule has 0 N–H and O–H groups in total. The van der Waals surface area contributed by atoms with Crippen molar-refractivity contribution in [1.82, 2.24) is 20.0 Å². The summed E-state index contributed by atoms with van der Waals surface area (Å²) in [4.78, 5) is 16.6. The van der Waals surface area contributed by atoms with E-state index in [4.69, 9.17) is 4.74 Å². The van der Waals surface area contributed by atoms with Gasteiger partial charge in [-0.05, 0) is 31.7 Å². The summed E-state index contributed by atoms with van der Waals surface area (Å²) in [5.41, 5.74) is 2.35. The quantitative estimate of drug-likeness (QED) is 0.851. The van der Waals surface area contributed by atoms with Crippen molar-refractivity contribution in [3.63, 3.8) is 0 Å². The molecule has 0 bridgehead atoms. The molecule has 3 rings (SSSR count). The van der Waals surface area contributed by atoms with Crippen molar-refractivity contribution in [3.05, 3.63) is 59.4 Å². The van der Waals surface area contributed by atoms with Gasteiger partial charge in [0.1, 0.15) is 0 Å². The van der Waals surface area contributed by atoms with Crippen LogP contribution in [0.2, 0.25) is 0 Å². The van der Waals surface area contributed by atoms with Gasteiger partial charge in [0.05, 0.1) is 24.4 Å². The van der Waals surface area contributed by atoms with Crippen LogP contribution in [0, 0.1) is 6.92 Å². The van der Waals surface area contributed by atoms with Gasteiger partial charge in [0, 0.05) is 20.1 Å². The summed E-state index contributed by atoms with van der Waals surface area (Å²) >= 11 is 0. The fourth-order valence-corrected chi connectivity index (χ4v) is 3.20. The highest BCUT2D eigenvalue weighted by molar-refractivity contribution is 5.91. The molecule has 25 heavy (non-hydrogen) atoms. The van der Waals surface area contributed by atoms with Crippen LogP contribution in [0.3, 0.4) is 0 Å². The number of amides is 1. The van der Waals surface area contributed by atoms with Crippen LogP contribution >= 0.6 is 0 Å². The third-order valence-corrected chi connectivity index (χ3v) is 4.56. The minimum atomic E-state index is -0.142. The predicted octanol–water partition coefficient (Wildman–Crippen LogP) is 1.93. The molecule has 6 heteroatoms. The maximum absolute atomic E-state index is 12.6. The van der Waals surface area contributed by atoms with Gasteiger partial charge in [-0.2, -0.15) is 5.10 Å². The van der Waals surface area contributed by atoms with Crippen molar-refractivity contribution < 1.29 is 9.53 Å². The minimum Gasteiger partial charge on any atom is -0.373 e. The van der Waals surface area contributed by atoms with E-state index in [0.717, 1.165) is 12.2 Å². The van der Waals surface area contributed by atoms with Crippen LogP contribution < -0.4 is 0 Å². The number of ether oxygens (including phenoxy) is 1. The number of rotatable bonds is 4. The van der Waals surface area contributed by atoms with Crippen molar-refractivity contribution >= 4 is 5.91 Å². The second-order valence-corrected chi connectivity index (χ2v) is 6.49. The van der Waals surface area contributed by atoms with Gasteiger partial charge in [0.2, 0.25) is 0 Å². The maximum atomic E-state index is 12.6. The number of hydrogen-bond acceptors (Lipinski definition) is 5. The summed E-state index contributed by atoms with van der Waals surface area (Å²) in [7, 11) is 3.88. The standard InChI is InChI=1S/C19H24N4O2/c1-14-9-10-16(21-20-14)19(24)23(3)13-17-18(22(2)11-12-25-17)15-7-5-4-6-8-15/h4-10,17-18H,11-13H2,1-3H3/t17-,18-/m0/s1. The van der Waals surface area contributed by atoms with Crippen molar-refractivity contribution in [1.29, 1.82) is 0 Å². The number of carbonyl (C=O) groups excluding carboxylic acids is 1. The zero-order valence-corrected chi connectivity index (χ0v) is 14.9. The van der Waals surface area contributed by atoms with Crippen LogP contribution in [0.25, 0.3) is 0 Å². The third-order valence-electron chi connectivity index (χ3n) is 4.56. The van der Waals surface area contributed by atoms with E-state index in [-0.39, 0.29) is 18.1 Å². The van der Waals surface area contributed by atoms with E-state index in [1.807, 2.05) is 25.1 Å². The molecule has 0 saturated carbocycles. The zero-order valence-electron chi connectivity index (χ0n) is 14.9. The first kappa shape index (κ1) is 17.5. The Balaban J connectivity index is 1.75. The number of aromatic nitrogens is 2. The number of morpholine rings is 1. The van der Waals surface area contributed by atoms with Gasteiger partial charge in [0.25, 0.3) is 5.91 Å². The Morgan fingerprint density at radius 2 is 2.00 bits per heavy atom. The molecule has 0 radical (unpaired) electrons. The van der Waals surface area contributed by atoms with Crippen LogP contribution in [0.4, 0.5) is 0 Å². The highest BCUT2D eigenvalue weighted by Gasteiger charge is 2.33. The van der Waals surface area contributed by atoms with E-state index >= 15 is 0 Å². The van der Waals surface area contributed by atoms with E-state index < -0.39 is 0 Å². The van der Waals surface area contributed by atoms with Crippen LogP contribution in [-0.2, 0) is 4.74 Å². The van der Waals surface area contributed by atoms with Crippen LogP contribution in [-0.4, -0.2) is 65.8 Å². The molecule has 2 heterocycles. The van der Waals surface area contributed by atoms with Gasteiger partial charge in [-0.25, -0.2) is 0 Å². The number of carbonyl (C=O) groups is 1. The van der Waals surface area contributed by atoms with Crippen molar-refractivity contribution in [2.75, 3.05) is 33.8 Å². The molecular formula is C19H24N4O2. The fraction of sp³-hybridized carbons (Fsp3) is 0.421. The summed E-state index contributed by atoms with van der Waals surface area (Å²) in [6, 6.07) is 13.9. The molecule has 6 nitrogen and oxygen atoms in total. The monoisotopic (exact) mass is 340 g/mol. The van der Waals surface area contributed by atoms with Gasteiger partial charge in [-0.1, -0.05) is 30.3 Å². The average molecular weight is 340 g/mol. The largest absolute Gasteiger partial charge is 0.373 e. The lowest BCUT2D eigenvalue weighted by atomic mass is 9.98. The summed E-state index contributed by atoms with van der Waals surface area (Å²) in [6.45, 7) is 3.88. The first-order valence-corrected chi connectivity index (χ1v) is 8.49. The summed E-state index contributed by atoms with van der Waals surface area (Å²) < 4.78 is 6.02. The molecule has 1 aromatic heterocycles. The summed E-state index contributed by atoms with van der Waals surface area (Å²) in [5, 5.41) is 7.96. The summed E-state index contributed by atoms with van der Waals surface area (Å²) in [5.74, 6) is -0.142. The van der Waals surface area contributed by atoms with Gasteiger partial charge in [-0.15, -0.1) is 5.10 Å². The van der Waals surface area contributed by atoms with Gasteiger partial charge in [-0.3, -0.25) is 9.69 Å². The van der Waals surface area contributed by atoms with Crippen LogP contribution in [0.5, 0.6) is 0 Å². The molecule has 2 atom stereocenters. The normalized spacial score (nSPS) is 21.1. The average Bonchev–Trinajstić information content (AvgIpc) is 2.62. The highest BCUT2D eigenvalue weighted by Crippen LogP contribution is 2.28. The SMILES string of the molecule is Cc1ccc(C(=O)N(C)C[C@@H]2OCCN(C)[C@H]2c2ccccc2)nn1. The lowest BCUT2D eigenvalue weighted by Gasteiger charge is -2.40. The molecule has 1 saturated heterocycles. The number of aryl methyl sites for hydroxylation is 1. The number of likely N-dealkylation sites (N-methyl/N-ethyl adjacent to an activating group) is 2. The van der Waals surface area contributed by atoms with Gasteiger partial charge < -0.3 is 9.64 Å². The number of nitrogens with zero attached hydrogens (tertiary/aromatic N) is 4. The fourth-order valence-electron chi connectivity index (χ4n) is 3.20. The van der Waals surface area contributed by atoms with E-state index in [1.54, 1.807) is 24.1 Å². The molecular weight excluding hydrogens is 316 g/mol. The van der Waals surface area contributed by atoms with Gasteiger partial charge in [0.15, 0.2) is 5.69 Å². The second kappa shape index (κ2) is 7.72. The van der Waals surface area contributed by atoms with Crippen molar-refractivity contribution in [2.24, 2.45) is 0 Å². The Kier molecular flexibility index (Phi) is 5.40. The molecule has 132 valence electrons. The van der Waals surface area contributed by atoms with E-state index in [2.05, 4.69) is 34.3 Å². The highest BCUT2D eigenvalue weighted by atomic mass is 16.5. The van der Waals surface area contributed by atoms with E-state index in [9.17, 15) is 4.79 Å². The molecule has 1 amide bonds. The van der Waals surface area contributed by atoms with Gasteiger partial charge >= 0.3 is 0 Å². The molecule has 1 aromatic carbocycles. The lowest BCUT2D eigenvalue weighted by Crippen LogP contribution is -2.48. The van der Waals surface area contributed by atoms with Crippen molar-refractivity contribution in [3.8, 4) is 0 Å². The van der Waals surface area contributed by atoms with Crippen LogP contribution in [0.1, 0.15) is 27.8 Å². The molecule has 1 aliphatic rings. The van der Waals surface area contributed by atoms with Crippen molar-refractivity contribution in [2.45, 2.75) is 19.1 Å². The Morgan fingerprint density at radius 3 is 2.68 bits per heavy atom.